The Morgan fingerprint density at radius 3 is 1.94 bits per heavy atom. The highest BCUT2D eigenvalue weighted by molar-refractivity contribution is 7.40. The van der Waals surface area contributed by atoms with Gasteiger partial charge in [-0.2, -0.15) is 0 Å². The van der Waals surface area contributed by atoms with Crippen molar-refractivity contribution in [2.75, 3.05) is 46.1 Å². The van der Waals surface area contributed by atoms with E-state index in [2.05, 4.69) is 11.8 Å². The summed E-state index contributed by atoms with van der Waals surface area (Å²) >= 11 is 0. The second-order valence-electron chi connectivity index (χ2n) is 10.4. The van der Waals surface area contributed by atoms with Crippen LogP contribution in [-0.2, 0) is 18.6 Å². The van der Waals surface area contributed by atoms with Crippen LogP contribution >= 0.6 is 8.60 Å². The van der Waals surface area contributed by atoms with Gasteiger partial charge in [0.1, 0.15) is 5.78 Å². The Morgan fingerprint density at radius 1 is 0.800 bits per heavy atom. The first-order valence-corrected chi connectivity index (χ1v) is 15.8. The van der Waals surface area contributed by atoms with Crippen LogP contribution in [0, 0.1) is 5.92 Å². The Balaban J connectivity index is 1.94. The molecule has 0 aromatic heterocycles. The standard InChI is InChI=1S/C28H56NO5P/c1-3-4-5-6-7-8-9-10-11-12-13-14-17-22-32-25-28(24-27(2)30)26-34-35(31)33-23-18-21-29-19-15-16-20-29/h28,31H,3-26H2,1-2H3. The Kier molecular flexibility index (Phi) is 22.8. The topological polar surface area (TPSA) is 68.2 Å². The van der Waals surface area contributed by atoms with E-state index in [-0.39, 0.29) is 11.7 Å². The minimum Gasteiger partial charge on any atom is -0.381 e. The van der Waals surface area contributed by atoms with Crippen molar-refractivity contribution in [3.8, 4) is 0 Å². The minimum atomic E-state index is -1.89. The number of likely N-dealkylation sites (tertiary alicyclic amines) is 1. The minimum absolute atomic E-state index is 0.0279. The van der Waals surface area contributed by atoms with Crippen molar-refractivity contribution in [1.29, 1.82) is 0 Å². The van der Waals surface area contributed by atoms with Crippen LogP contribution in [0.15, 0.2) is 0 Å². The van der Waals surface area contributed by atoms with Gasteiger partial charge in [-0.15, -0.1) is 0 Å². The Morgan fingerprint density at radius 2 is 1.37 bits per heavy atom. The van der Waals surface area contributed by atoms with E-state index < -0.39 is 8.60 Å². The molecule has 1 rings (SSSR count). The first-order chi connectivity index (χ1) is 17.1. The lowest BCUT2D eigenvalue weighted by molar-refractivity contribution is -0.118. The molecule has 2 atom stereocenters. The highest BCUT2D eigenvalue weighted by Crippen LogP contribution is 2.33. The highest BCUT2D eigenvalue weighted by atomic mass is 31.2. The van der Waals surface area contributed by atoms with E-state index in [0.717, 1.165) is 26.0 Å². The molecule has 0 saturated carbocycles. The quantitative estimate of drug-likeness (QED) is 0.0950. The van der Waals surface area contributed by atoms with Gasteiger partial charge in [-0.1, -0.05) is 84.0 Å². The van der Waals surface area contributed by atoms with Crippen molar-refractivity contribution < 1.29 is 23.5 Å². The summed E-state index contributed by atoms with van der Waals surface area (Å²) in [4.78, 5) is 24.0. The number of ether oxygens (including phenoxy) is 1. The zero-order chi connectivity index (χ0) is 25.4. The van der Waals surface area contributed by atoms with Crippen molar-refractivity contribution in [2.45, 2.75) is 123 Å². The summed E-state index contributed by atoms with van der Waals surface area (Å²) in [5.41, 5.74) is 0. The summed E-state index contributed by atoms with van der Waals surface area (Å²) < 4.78 is 16.8. The number of unbranched alkanes of at least 4 members (excludes halogenated alkanes) is 12. The number of carbonyl (C=O) groups is 1. The Bertz CT molecular complexity index is 476. The summed E-state index contributed by atoms with van der Waals surface area (Å²) in [5, 5.41) is 0. The number of nitrogens with zero attached hydrogens (tertiary/aromatic N) is 1. The number of Topliss-reactive ketones (excluding diaryl/α,β-unsaturated/α-hetero) is 1. The van der Waals surface area contributed by atoms with E-state index >= 15 is 0 Å². The van der Waals surface area contributed by atoms with Crippen molar-refractivity contribution in [2.24, 2.45) is 5.92 Å². The molecule has 0 amide bonds. The van der Waals surface area contributed by atoms with E-state index in [1.807, 2.05) is 0 Å². The molecule has 2 unspecified atom stereocenters. The van der Waals surface area contributed by atoms with Crippen molar-refractivity contribution in [3.05, 3.63) is 0 Å². The van der Waals surface area contributed by atoms with E-state index in [9.17, 15) is 9.69 Å². The highest BCUT2D eigenvalue weighted by Gasteiger charge is 2.17. The summed E-state index contributed by atoms with van der Waals surface area (Å²) in [7, 11) is -1.89. The Labute approximate surface area is 217 Å². The third-order valence-electron chi connectivity index (χ3n) is 6.76. The maximum atomic E-state index is 11.6. The van der Waals surface area contributed by atoms with Gasteiger partial charge in [-0.05, 0) is 45.7 Å². The molecular formula is C28H56NO5P. The van der Waals surface area contributed by atoms with Crippen LogP contribution in [0.5, 0.6) is 0 Å². The summed E-state index contributed by atoms with van der Waals surface area (Å²) in [6, 6.07) is 0. The van der Waals surface area contributed by atoms with Crippen LogP contribution in [0.2, 0.25) is 0 Å². The number of hydrogen-bond donors (Lipinski definition) is 1. The van der Waals surface area contributed by atoms with Gasteiger partial charge in [0.25, 0.3) is 0 Å². The summed E-state index contributed by atoms with van der Waals surface area (Å²) in [6.07, 6.45) is 21.3. The van der Waals surface area contributed by atoms with E-state index in [1.165, 1.54) is 103 Å². The molecule has 35 heavy (non-hydrogen) atoms. The SMILES string of the molecule is CCCCCCCCCCCCCCCOCC(COP(O)OCCCN1CCCC1)CC(C)=O. The lowest BCUT2D eigenvalue weighted by atomic mass is 10.0. The monoisotopic (exact) mass is 517 g/mol. The van der Waals surface area contributed by atoms with Gasteiger partial charge in [0.2, 0.25) is 0 Å². The van der Waals surface area contributed by atoms with E-state index in [4.69, 9.17) is 13.8 Å². The fraction of sp³-hybridized carbons (Fsp3) is 0.964. The lowest BCUT2D eigenvalue weighted by Crippen LogP contribution is -2.21. The maximum absolute atomic E-state index is 11.6. The summed E-state index contributed by atoms with van der Waals surface area (Å²) in [5.74, 6) is 0.0942. The molecule has 1 fully saturated rings. The molecule has 1 N–H and O–H groups in total. The fourth-order valence-electron chi connectivity index (χ4n) is 4.69. The van der Waals surface area contributed by atoms with Crippen molar-refractivity contribution >= 4 is 14.4 Å². The molecule has 0 aromatic rings. The third-order valence-corrected chi connectivity index (χ3v) is 7.54. The van der Waals surface area contributed by atoms with Crippen LogP contribution < -0.4 is 0 Å². The van der Waals surface area contributed by atoms with Crippen molar-refractivity contribution in [3.63, 3.8) is 0 Å². The van der Waals surface area contributed by atoms with Crippen LogP contribution in [0.25, 0.3) is 0 Å². The van der Waals surface area contributed by atoms with Crippen LogP contribution in [0.4, 0.5) is 0 Å². The largest absolute Gasteiger partial charge is 0.381 e. The molecule has 7 heteroatoms. The molecule has 0 bridgehead atoms. The number of rotatable bonds is 26. The van der Waals surface area contributed by atoms with Gasteiger partial charge in [-0.3, -0.25) is 0 Å². The molecule has 1 heterocycles. The molecule has 1 aliphatic heterocycles. The van der Waals surface area contributed by atoms with Gasteiger partial charge in [0.05, 0.1) is 19.8 Å². The average molecular weight is 518 g/mol. The van der Waals surface area contributed by atoms with Crippen LogP contribution in [0.3, 0.4) is 0 Å². The molecular weight excluding hydrogens is 461 g/mol. The molecule has 208 valence electrons. The summed E-state index contributed by atoms with van der Waals surface area (Å²) in [6.45, 7) is 9.27. The second kappa shape index (κ2) is 24.2. The van der Waals surface area contributed by atoms with Gasteiger partial charge < -0.3 is 28.4 Å². The van der Waals surface area contributed by atoms with Gasteiger partial charge in [0, 0.05) is 25.5 Å². The molecule has 0 aromatic carbocycles. The predicted octanol–water partition coefficient (Wildman–Crippen LogP) is 7.43. The fourth-order valence-corrected chi connectivity index (χ4v) is 5.39. The normalized spacial score (nSPS) is 16.1. The first-order valence-electron chi connectivity index (χ1n) is 14.7. The molecule has 1 aliphatic rings. The second-order valence-corrected chi connectivity index (χ2v) is 11.4. The van der Waals surface area contributed by atoms with Crippen LogP contribution in [-0.4, -0.2) is 61.6 Å². The molecule has 1 saturated heterocycles. The molecule has 0 radical (unpaired) electrons. The Hall–Kier alpha value is -0.100. The first kappa shape index (κ1) is 32.9. The predicted molar refractivity (Wildman–Crippen MR) is 147 cm³/mol. The molecule has 0 spiro atoms. The lowest BCUT2D eigenvalue weighted by Gasteiger charge is -2.18. The number of ketones is 1. The molecule has 6 nitrogen and oxygen atoms in total. The zero-order valence-electron chi connectivity index (χ0n) is 23.0. The third kappa shape index (κ3) is 21.7. The van der Waals surface area contributed by atoms with E-state index in [0.29, 0.717) is 26.2 Å². The molecule has 0 aliphatic carbocycles. The average Bonchev–Trinajstić information content (AvgIpc) is 3.36. The van der Waals surface area contributed by atoms with Crippen LogP contribution in [0.1, 0.15) is 123 Å². The number of carbonyl (C=O) groups excluding carboxylic acids is 1. The zero-order valence-corrected chi connectivity index (χ0v) is 23.9. The smallest absolute Gasteiger partial charge is 0.329 e. The van der Waals surface area contributed by atoms with Gasteiger partial charge in [-0.25, -0.2) is 0 Å². The van der Waals surface area contributed by atoms with Crippen molar-refractivity contribution in [1.82, 2.24) is 4.90 Å². The maximum Gasteiger partial charge on any atom is 0.329 e. The number of hydrogen-bond acceptors (Lipinski definition) is 6. The van der Waals surface area contributed by atoms with E-state index in [1.54, 1.807) is 6.92 Å². The van der Waals surface area contributed by atoms with Gasteiger partial charge in [0.15, 0.2) is 0 Å². The van der Waals surface area contributed by atoms with Gasteiger partial charge >= 0.3 is 8.60 Å².